The first kappa shape index (κ1) is 16.2. The van der Waals surface area contributed by atoms with Gasteiger partial charge in [0.05, 0.1) is 29.2 Å². The lowest BCUT2D eigenvalue weighted by atomic mass is 10.2. The molecule has 2 rings (SSSR count). The molecule has 0 bridgehead atoms. The lowest BCUT2D eigenvalue weighted by Gasteiger charge is -2.07. The molecule has 0 saturated heterocycles. The van der Waals surface area contributed by atoms with Gasteiger partial charge in [0.15, 0.2) is 0 Å². The summed E-state index contributed by atoms with van der Waals surface area (Å²) in [5.74, 6) is -0.668. The Kier molecular flexibility index (Phi) is 4.92. The van der Waals surface area contributed by atoms with E-state index < -0.39 is 0 Å². The molecule has 2 aromatic rings. The molecule has 2 amide bonds. The van der Waals surface area contributed by atoms with Crippen molar-refractivity contribution in [1.29, 1.82) is 0 Å². The van der Waals surface area contributed by atoms with Gasteiger partial charge in [0, 0.05) is 23.9 Å². The number of amides is 2. The van der Waals surface area contributed by atoms with Gasteiger partial charge in [0.2, 0.25) is 5.91 Å². The van der Waals surface area contributed by atoms with Crippen LogP contribution in [0.4, 0.5) is 5.69 Å². The van der Waals surface area contributed by atoms with E-state index in [1.165, 1.54) is 6.20 Å². The Hall–Kier alpha value is -2.22. The first-order valence-electron chi connectivity index (χ1n) is 6.57. The van der Waals surface area contributed by atoms with Crippen molar-refractivity contribution in [3.05, 3.63) is 39.9 Å². The quantitative estimate of drug-likeness (QED) is 0.860. The zero-order chi connectivity index (χ0) is 16.3. The summed E-state index contributed by atoms with van der Waals surface area (Å²) in [5, 5.41) is 9.53. The number of nitrogens with zero attached hydrogens (tertiary/aromatic N) is 3. The van der Waals surface area contributed by atoms with E-state index in [-0.39, 0.29) is 18.4 Å². The van der Waals surface area contributed by atoms with E-state index >= 15 is 0 Å². The SMILES string of the molecule is Cc1nn(C)c(C)c1NC(=O)CNC(=O)c1cncc(Br)c1. The molecule has 2 aromatic heterocycles. The zero-order valence-corrected chi connectivity index (χ0v) is 14.1. The highest BCUT2D eigenvalue weighted by Crippen LogP contribution is 2.17. The number of nitrogens with one attached hydrogen (secondary N) is 2. The van der Waals surface area contributed by atoms with Crippen molar-refractivity contribution in [2.24, 2.45) is 7.05 Å². The van der Waals surface area contributed by atoms with Gasteiger partial charge in [-0.2, -0.15) is 5.10 Å². The third-order valence-corrected chi connectivity index (χ3v) is 3.58. The van der Waals surface area contributed by atoms with Crippen molar-refractivity contribution in [2.45, 2.75) is 13.8 Å². The molecule has 0 aliphatic rings. The maximum absolute atomic E-state index is 11.9. The number of carbonyl (C=O) groups excluding carboxylic acids is 2. The van der Waals surface area contributed by atoms with Crippen LogP contribution in [0, 0.1) is 13.8 Å². The average molecular weight is 366 g/mol. The van der Waals surface area contributed by atoms with Crippen molar-refractivity contribution in [3.63, 3.8) is 0 Å². The minimum atomic E-state index is -0.358. The molecule has 116 valence electrons. The summed E-state index contributed by atoms with van der Waals surface area (Å²) >= 11 is 3.24. The normalized spacial score (nSPS) is 10.4. The largest absolute Gasteiger partial charge is 0.343 e. The number of rotatable bonds is 4. The second-order valence-electron chi connectivity index (χ2n) is 4.79. The highest BCUT2D eigenvalue weighted by atomic mass is 79.9. The molecule has 8 heteroatoms. The van der Waals surface area contributed by atoms with Crippen LogP contribution in [0.2, 0.25) is 0 Å². The van der Waals surface area contributed by atoms with Gasteiger partial charge in [-0.3, -0.25) is 19.3 Å². The van der Waals surface area contributed by atoms with Gasteiger partial charge in [-0.05, 0) is 35.8 Å². The summed E-state index contributed by atoms with van der Waals surface area (Å²) in [7, 11) is 1.81. The second-order valence-corrected chi connectivity index (χ2v) is 5.71. The molecular weight excluding hydrogens is 350 g/mol. The molecule has 0 aliphatic heterocycles. The van der Waals surface area contributed by atoms with Gasteiger partial charge in [-0.1, -0.05) is 0 Å². The van der Waals surface area contributed by atoms with Crippen molar-refractivity contribution in [2.75, 3.05) is 11.9 Å². The molecule has 0 aromatic carbocycles. The average Bonchev–Trinajstić information content (AvgIpc) is 2.71. The van der Waals surface area contributed by atoms with E-state index in [4.69, 9.17) is 0 Å². The summed E-state index contributed by atoms with van der Waals surface area (Å²) in [6, 6.07) is 1.63. The third kappa shape index (κ3) is 3.70. The van der Waals surface area contributed by atoms with Gasteiger partial charge in [0.25, 0.3) is 5.91 Å². The number of halogens is 1. The summed E-state index contributed by atoms with van der Waals surface area (Å²) in [6.07, 6.45) is 3.02. The van der Waals surface area contributed by atoms with E-state index in [1.807, 2.05) is 13.8 Å². The first-order chi connectivity index (χ1) is 10.4. The molecule has 0 unspecified atom stereocenters. The first-order valence-corrected chi connectivity index (χ1v) is 7.36. The van der Waals surface area contributed by atoms with Crippen LogP contribution in [0.1, 0.15) is 21.7 Å². The van der Waals surface area contributed by atoms with Gasteiger partial charge in [-0.15, -0.1) is 0 Å². The lowest BCUT2D eigenvalue weighted by molar-refractivity contribution is -0.115. The standard InChI is InChI=1S/C14H16BrN5O2/c1-8-13(9(2)20(3)19-8)18-12(21)7-17-14(22)10-4-11(15)6-16-5-10/h4-6H,7H2,1-3H3,(H,17,22)(H,18,21). The van der Waals surface area contributed by atoms with Gasteiger partial charge >= 0.3 is 0 Å². The molecule has 22 heavy (non-hydrogen) atoms. The fraction of sp³-hybridized carbons (Fsp3) is 0.286. The van der Waals surface area contributed by atoms with Crippen molar-refractivity contribution in [1.82, 2.24) is 20.1 Å². The molecular formula is C14H16BrN5O2. The molecule has 0 atom stereocenters. The monoisotopic (exact) mass is 365 g/mol. The molecule has 0 spiro atoms. The maximum Gasteiger partial charge on any atom is 0.253 e. The summed E-state index contributed by atoms with van der Waals surface area (Å²) in [4.78, 5) is 27.8. The van der Waals surface area contributed by atoms with Crippen LogP contribution in [-0.4, -0.2) is 33.1 Å². The van der Waals surface area contributed by atoms with Gasteiger partial charge in [-0.25, -0.2) is 0 Å². The number of hydrogen-bond donors (Lipinski definition) is 2. The second kappa shape index (κ2) is 6.69. The van der Waals surface area contributed by atoms with E-state index in [0.29, 0.717) is 15.7 Å². The van der Waals surface area contributed by atoms with E-state index in [2.05, 4.69) is 36.6 Å². The smallest absolute Gasteiger partial charge is 0.253 e. The Labute approximate surface area is 136 Å². The Balaban J connectivity index is 1.94. The van der Waals surface area contributed by atoms with Gasteiger partial charge in [0.1, 0.15) is 0 Å². The van der Waals surface area contributed by atoms with E-state index in [0.717, 1.165) is 11.4 Å². The van der Waals surface area contributed by atoms with Crippen LogP contribution in [0.5, 0.6) is 0 Å². The van der Waals surface area contributed by atoms with Crippen LogP contribution >= 0.6 is 15.9 Å². The number of aryl methyl sites for hydroxylation is 2. The Morgan fingerprint density at radius 2 is 2.05 bits per heavy atom. The molecule has 0 radical (unpaired) electrons. The number of pyridine rings is 1. The van der Waals surface area contributed by atoms with Gasteiger partial charge < -0.3 is 10.6 Å². The lowest BCUT2D eigenvalue weighted by Crippen LogP contribution is -2.33. The Morgan fingerprint density at radius 3 is 2.64 bits per heavy atom. The predicted molar refractivity (Wildman–Crippen MR) is 85.6 cm³/mol. The fourth-order valence-electron chi connectivity index (χ4n) is 1.94. The summed E-state index contributed by atoms with van der Waals surface area (Å²) < 4.78 is 2.39. The highest BCUT2D eigenvalue weighted by Gasteiger charge is 2.13. The minimum Gasteiger partial charge on any atom is -0.343 e. The maximum atomic E-state index is 11.9. The number of carbonyl (C=O) groups is 2. The molecule has 0 aliphatic carbocycles. The summed E-state index contributed by atoms with van der Waals surface area (Å²) in [6.45, 7) is 3.55. The van der Waals surface area contributed by atoms with Crippen molar-refractivity contribution in [3.8, 4) is 0 Å². The van der Waals surface area contributed by atoms with Crippen molar-refractivity contribution >= 4 is 33.4 Å². The predicted octanol–water partition coefficient (Wildman–Crippen LogP) is 1.56. The molecule has 2 heterocycles. The number of aromatic nitrogens is 3. The van der Waals surface area contributed by atoms with E-state index in [9.17, 15) is 9.59 Å². The van der Waals surface area contributed by atoms with Crippen LogP contribution < -0.4 is 10.6 Å². The van der Waals surface area contributed by atoms with Crippen LogP contribution in [0.25, 0.3) is 0 Å². The topological polar surface area (TPSA) is 88.9 Å². The van der Waals surface area contributed by atoms with Crippen LogP contribution in [0.3, 0.4) is 0 Å². The van der Waals surface area contributed by atoms with Crippen molar-refractivity contribution < 1.29 is 9.59 Å². The van der Waals surface area contributed by atoms with Crippen LogP contribution in [0.15, 0.2) is 22.9 Å². The zero-order valence-electron chi connectivity index (χ0n) is 12.5. The summed E-state index contributed by atoms with van der Waals surface area (Å²) in [5.41, 5.74) is 2.64. The number of hydrogen-bond acceptors (Lipinski definition) is 4. The van der Waals surface area contributed by atoms with Crippen LogP contribution in [-0.2, 0) is 11.8 Å². The number of anilines is 1. The highest BCUT2D eigenvalue weighted by molar-refractivity contribution is 9.10. The molecule has 0 saturated carbocycles. The molecule has 7 nitrogen and oxygen atoms in total. The molecule has 2 N–H and O–H groups in total. The molecule has 0 fully saturated rings. The Morgan fingerprint density at radius 1 is 1.32 bits per heavy atom. The fourth-order valence-corrected chi connectivity index (χ4v) is 2.30. The Bertz CT molecular complexity index is 726. The minimum absolute atomic E-state index is 0.126. The third-order valence-electron chi connectivity index (χ3n) is 3.15. The van der Waals surface area contributed by atoms with E-state index in [1.54, 1.807) is 24.0 Å².